The molecule has 7 heteroatoms. The number of pyridine rings is 2. The van der Waals surface area contributed by atoms with E-state index in [1.54, 1.807) is 12.1 Å². The van der Waals surface area contributed by atoms with Crippen molar-refractivity contribution < 1.29 is 41.3 Å². The number of carbonyl (C=O) groups excluding carboxylic acids is 1. The van der Waals surface area contributed by atoms with Crippen LogP contribution in [0.4, 0.5) is 0 Å². The van der Waals surface area contributed by atoms with Crippen molar-refractivity contribution in [2.24, 2.45) is 17.3 Å². The number of thiophene rings is 1. The van der Waals surface area contributed by atoms with Gasteiger partial charge in [-0.25, -0.2) is 4.98 Å². The number of aliphatic hydroxyl groups excluding tert-OH is 1. The molecule has 1 N–H and O–H groups in total. The molecule has 4 heterocycles. The first-order valence-corrected chi connectivity index (χ1v) is 16.3. The molecule has 0 aliphatic rings. The third-order valence-electron chi connectivity index (χ3n) is 7.85. The Bertz CT molecular complexity index is 1980. The molecule has 0 atom stereocenters. The van der Waals surface area contributed by atoms with E-state index in [9.17, 15) is 9.90 Å². The smallest absolute Gasteiger partial charge is 0.216 e. The SMILES string of the molecule is CCC(CC)C(=O)/C=C(\O)C(CC)CC.[2H]C([2H])([2H])c1ccc2c(n1)oc1c(-c3ccc4sc(C)c(C([2H])([2H])C(C)(C)C)c4n3)[c-]ccc12.[Ir]. The van der Waals surface area contributed by atoms with E-state index in [1.807, 2.05) is 73.6 Å². The van der Waals surface area contributed by atoms with E-state index in [0.717, 1.165) is 46.0 Å². The van der Waals surface area contributed by atoms with E-state index >= 15 is 0 Å². The van der Waals surface area contributed by atoms with Crippen LogP contribution in [0.15, 0.2) is 52.7 Å². The Labute approximate surface area is 292 Å². The third kappa shape index (κ3) is 8.49. The maximum Gasteiger partial charge on any atom is 0.216 e. The molecule has 0 amide bonds. The van der Waals surface area contributed by atoms with Crippen LogP contribution in [0.3, 0.4) is 0 Å². The number of hydrogen-bond acceptors (Lipinski definition) is 6. The molecular weight excluding hydrogens is 757 g/mol. The number of ketones is 1. The number of benzene rings is 1. The molecule has 45 heavy (non-hydrogen) atoms. The van der Waals surface area contributed by atoms with Gasteiger partial charge in [0.05, 0.1) is 21.6 Å². The number of hydrogen-bond donors (Lipinski definition) is 1. The summed E-state index contributed by atoms with van der Waals surface area (Å²) < 4.78 is 47.6. The van der Waals surface area contributed by atoms with Crippen LogP contribution in [-0.2, 0) is 31.3 Å². The fraction of sp³-hybridized carbons (Fsp3) is 0.447. The molecule has 4 aromatic heterocycles. The van der Waals surface area contributed by atoms with Gasteiger partial charge in [0, 0.05) is 60.8 Å². The van der Waals surface area contributed by atoms with Crippen LogP contribution in [0, 0.1) is 37.1 Å². The zero-order valence-electron chi connectivity index (χ0n) is 32.4. The van der Waals surface area contributed by atoms with E-state index in [2.05, 4.69) is 11.1 Å². The van der Waals surface area contributed by atoms with E-state index in [4.69, 9.17) is 16.3 Å². The van der Waals surface area contributed by atoms with Gasteiger partial charge in [-0.05, 0) is 80.7 Å². The summed E-state index contributed by atoms with van der Waals surface area (Å²) >= 11 is 1.54. The fourth-order valence-electron chi connectivity index (χ4n) is 5.34. The standard InChI is InChI=1S/C25H23N2OS.C13H24O2.Ir/c1-14-9-10-17-16-7-6-8-18(23(16)28-24(17)26-14)20-11-12-21-22(27-20)19(15(2)29-21)13-25(3,4)5;1-5-10(6-2)12(14)9-13(15)11(7-3)8-4;/h6-7,9-12H,13H2,1-5H3;9-11,14H,5-8H2,1-4H3;/q-1;;/b;12-9-;/i1D3,13D2;;. The minimum absolute atomic E-state index is 0. The van der Waals surface area contributed by atoms with Crippen molar-refractivity contribution in [3.63, 3.8) is 0 Å². The van der Waals surface area contributed by atoms with Crippen molar-refractivity contribution in [2.45, 2.75) is 94.3 Å². The molecule has 0 unspecified atom stereocenters. The summed E-state index contributed by atoms with van der Waals surface area (Å²) in [5, 5.41) is 11.3. The van der Waals surface area contributed by atoms with Crippen LogP contribution < -0.4 is 0 Å². The third-order valence-corrected chi connectivity index (χ3v) is 8.91. The van der Waals surface area contributed by atoms with E-state index in [0.29, 0.717) is 27.9 Å². The molecule has 0 fully saturated rings. The number of furan rings is 1. The Morgan fingerprint density at radius 3 is 2.36 bits per heavy atom. The molecule has 0 bridgehead atoms. The Morgan fingerprint density at radius 1 is 1.04 bits per heavy atom. The molecule has 0 aliphatic heterocycles. The van der Waals surface area contributed by atoms with Gasteiger partial charge in [-0.3, -0.25) is 9.78 Å². The predicted molar refractivity (Wildman–Crippen MR) is 185 cm³/mol. The average Bonchev–Trinajstić information content (AvgIpc) is 3.57. The zero-order valence-corrected chi connectivity index (χ0v) is 30.6. The Morgan fingerprint density at radius 2 is 1.73 bits per heavy atom. The normalized spacial score (nSPS) is 14.4. The Kier molecular flexibility index (Phi) is 10.3. The second kappa shape index (κ2) is 15.6. The predicted octanol–water partition coefficient (Wildman–Crippen LogP) is 11.1. The van der Waals surface area contributed by atoms with Crippen LogP contribution in [0.1, 0.15) is 97.1 Å². The van der Waals surface area contributed by atoms with Gasteiger partial charge in [-0.2, -0.15) is 0 Å². The molecule has 0 spiro atoms. The first-order chi connectivity index (χ1) is 22.9. The van der Waals surface area contributed by atoms with Gasteiger partial charge >= 0.3 is 0 Å². The van der Waals surface area contributed by atoms with Gasteiger partial charge in [0.15, 0.2) is 5.78 Å². The number of aliphatic hydroxyl groups is 1. The molecule has 0 saturated heterocycles. The van der Waals surface area contributed by atoms with Gasteiger partial charge in [0.2, 0.25) is 5.71 Å². The van der Waals surface area contributed by atoms with Crippen LogP contribution in [-0.4, -0.2) is 20.9 Å². The van der Waals surface area contributed by atoms with Crippen molar-refractivity contribution in [2.75, 3.05) is 0 Å². The minimum Gasteiger partial charge on any atom is -0.512 e. The minimum atomic E-state index is -2.33. The summed E-state index contributed by atoms with van der Waals surface area (Å²) in [6.45, 7) is 13.4. The van der Waals surface area contributed by atoms with E-state index in [1.165, 1.54) is 23.5 Å². The van der Waals surface area contributed by atoms with Gasteiger partial charge in [0.1, 0.15) is 0 Å². The quantitative estimate of drug-likeness (QED) is 0.0912. The van der Waals surface area contributed by atoms with Crippen molar-refractivity contribution in [3.05, 3.63) is 70.4 Å². The number of aromatic nitrogens is 2. The number of allylic oxidation sites excluding steroid dienone is 2. The van der Waals surface area contributed by atoms with Crippen LogP contribution >= 0.6 is 11.3 Å². The summed E-state index contributed by atoms with van der Waals surface area (Å²) in [4.78, 5) is 21.8. The van der Waals surface area contributed by atoms with Gasteiger partial charge < -0.3 is 9.52 Å². The number of nitrogens with zero attached hydrogens (tertiary/aromatic N) is 2. The van der Waals surface area contributed by atoms with Gasteiger partial charge in [-0.15, -0.1) is 29.5 Å². The molecule has 1 radical (unpaired) electrons. The summed E-state index contributed by atoms with van der Waals surface area (Å²) in [5.41, 5.74) is 2.63. The van der Waals surface area contributed by atoms with E-state index < -0.39 is 18.6 Å². The van der Waals surface area contributed by atoms with Crippen molar-refractivity contribution in [1.29, 1.82) is 0 Å². The zero-order chi connectivity index (χ0) is 36.5. The van der Waals surface area contributed by atoms with Crippen molar-refractivity contribution >= 4 is 49.4 Å². The Hall–Kier alpha value is -2.86. The average molecular weight is 809 g/mol. The first kappa shape index (κ1) is 29.5. The molecule has 5 nitrogen and oxygen atoms in total. The van der Waals surface area contributed by atoms with Gasteiger partial charge in [-0.1, -0.05) is 65.5 Å². The number of aryl methyl sites for hydroxylation is 2. The number of carbonyl (C=O) groups is 1. The second-order valence-electron chi connectivity index (χ2n) is 12.2. The molecule has 5 rings (SSSR count). The maximum absolute atomic E-state index is 11.7. The molecule has 1 aromatic carbocycles. The fourth-order valence-corrected chi connectivity index (χ4v) is 6.30. The van der Waals surface area contributed by atoms with Crippen molar-refractivity contribution in [1.82, 2.24) is 9.97 Å². The van der Waals surface area contributed by atoms with Crippen LogP contribution in [0.2, 0.25) is 0 Å². The second-order valence-corrected chi connectivity index (χ2v) is 13.5. The monoisotopic (exact) mass is 809 g/mol. The summed E-state index contributed by atoms with van der Waals surface area (Å²) in [5.74, 6) is 0.547. The molecule has 243 valence electrons. The molecule has 0 saturated carbocycles. The van der Waals surface area contributed by atoms with E-state index in [-0.39, 0.29) is 54.9 Å². The molecular formula is C38H47IrN2O3S-. The summed E-state index contributed by atoms with van der Waals surface area (Å²) in [6, 6.07) is 13.9. The van der Waals surface area contributed by atoms with Crippen molar-refractivity contribution in [3.8, 4) is 11.3 Å². The molecule has 0 aliphatic carbocycles. The number of fused-ring (bicyclic) bond motifs is 4. The number of rotatable bonds is 9. The van der Waals surface area contributed by atoms with Gasteiger partial charge in [0.25, 0.3) is 0 Å². The van der Waals surface area contributed by atoms with Crippen LogP contribution in [0.5, 0.6) is 0 Å². The first-order valence-electron chi connectivity index (χ1n) is 18.0. The maximum atomic E-state index is 11.7. The topological polar surface area (TPSA) is 76.2 Å². The Balaban J connectivity index is 0.000000361. The van der Waals surface area contributed by atoms with Crippen LogP contribution in [0.25, 0.3) is 43.5 Å². The largest absolute Gasteiger partial charge is 0.512 e. The summed E-state index contributed by atoms with van der Waals surface area (Å²) in [6.07, 6.45) is 3.33. The molecule has 5 aromatic rings. The summed E-state index contributed by atoms with van der Waals surface area (Å²) in [7, 11) is 0.